The first-order valence-corrected chi connectivity index (χ1v) is 6.95. The number of benzene rings is 1. The summed E-state index contributed by atoms with van der Waals surface area (Å²) in [6.07, 6.45) is 0. The van der Waals surface area contributed by atoms with Crippen LogP contribution in [0.4, 0.5) is 0 Å². The van der Waals surface area contributed by atoms with Crippen molar-refractivity contribution in [2.75, 3.05) is 5.75 Å². The number of hydrogen-bond acceptors (Lipinski definition) is 4. The zero-order valence-corrected chi connectivity index (χ0v) is 11.6. The van der Waals surface area contributed by atoms with Crippen LogP contribution in [0.5, 0.6) is 0 Å². The topological polar surface area (TPSA) is 68.0 Å². The first kappa shape index (κ1) is 13.6. The number of nitrogens with zero attached hydrogens (tertiary/aromatic N) is 3. The van der Waals surface area contributed by atoms with Gasteiger partial charge in [-0.25, -0.2) is 0 Å². The minimum absolute atomic E-state index is 0.00799. The van der Waals surface area contributed by atoms with Crippen LogP contribution in [0, 0.1) is 6.92 Å². The molecule has 6 heteroatoms. The Hall–Kier alpha value is -1.82. The Morgan fingerprint density at radius 3 is 2.84 bits per heavy atom. The maximum absolute atomic E-state index is 10.6. The van der Waals surface area contributed by atoms with Crippen molar-refractivity contribution in [1.82, 2.24) is 14.8 Å². The summed E-state index contributed by atoms with van der Waals surface area (Å²) in [6.45, 7) is 4.72. The van der Waals surface area contributed by atoms with Crippen LogP contribution in [0.1, 0.15) is 12.5 Å². The molecule has 0 saturated heterocycles. The van der Waals surface area contributed by atoms with Gasteiger partial charge in [-0.15, -0.1) is 10.2 Å². The lowest BCUT2D eigenvalue weighted by molar-refractivity contribution is -0.133. The van der Waals surface area contributed by atoms with Gasteiger partial charge in [0.1, 0.15) is 0 Å². The molecule has 1 N–H and O–H groups in total. The van der Waals surface area contributed by atoms with E-state index in [-0.39, 0.29) is 5.75 Å². The molecule has 0 aliphatic carbocycles. The predicted molar refractivity (Wildman–Crippen MR) is 74.2 cm³/mol. The van der Waals surface area contributed by atoms with Crippen molar-refractivity contribution in [1.29, 1.82) is 0 Å². The lowest BCUT2D eigenvalue weighted by atomic mass is 10.1. The summed E-state index contributed by atoms with van der Waals surface area (Å²) >= 11 is 1.19. The number of aromatic nitrogens is 3. The summed E-state index contributed by atoms with van der Waals surface area (Å²) in [6, 6.07) is 8.02. The van der Waals surface area contributed by atoms with Gasteiger partial charge in [-0.05, 0) is 19.9 Å². The van der Waals surface area contributed by atoms with Crippen LogP contribution in [0.25, 0.3) is 11.4 Å². The quantitative estimate of drug-likeness (QED) is 0.850. The Labute approximate surface area is 115 Å². The van der Waals surface area contributed by atoms with Crippen molar-refractivity contribution in [3.63, 3.8) is 0 Å². The molecule has 0 aliphatic rings. The third-order valence-corrected chi connectivity index (χ3v) is 3.59. The van der Waals surface area contributed by atoms with E-state index in [9.17, 15) is 4.79 Å². The molecule has 0 radical (unpaired) electrons. The van der Waals surface area contributed by atoms with Crippen molar-refractivity contribution in [2.24, 2.45) is 0 Å². The molecule has 0 saturated carbocycles. The third kappa shape index (κ3) is 3.14. The van der Waals surface area contributed by atoms with E-state index in [1.807, 2.05) is 42.7 Å². The van der Waals surface area contributed by atoms with Crippen molar-refractivity contribution >= 4 is 17.7 Å². The van der Waals surface area contributed by atoms with Gasteiger partial charge < -0.3 is 9.67 Å². The maximum atomic E-state index is 10.6. The molecule has 1 aromatic heterocycles. The van der Waals surface area contributed by atoms with E-state index in [2.05, 4.69) is 10.2 Å². The van der Waals surface area contributed by atoms with E-state index >= 15 is 0 Å². The van der Waals surface area contributed by atoms with Gasteiger partial charge in [-0.3, -0.25) is 4.79 Å². The minimum atomic E-state index is -0.854. The molecule has 0 amide bonds. The van der Waals surface area contributed by atoms with Crippen molar-refractivity contribution < 1.29 is 9.90 Å². The molecular weight excluding hydrogens is 262 g/mol. The molecule has 0 atom stereocenters. The van der Waals surface area contributed by atoms with Gasteiger partial charge in [0, 0.05) is 12.1 Å². The lowest BCUT2D eigenvalue weighted by Crippen LogP contribution is -2.03. The van der Waals surface area contributed by atoms with E-state index in [1.54, 1.807) is 0 Å². The SMILES string of the molecule is CCn1c(SCC(=O)O)nnc1-c1cccc(C)c1. The molecule has 0 spiro atoms. The number of carboxylic acid groups (broad SMARTS) is 1. The summed E-state index contributed by atoms with van der Waals surface area (Å²) in [5.41, 5.74) is 2.15. The van der Waals surface area contributed by atoms with Crippen molar-refractivity contribution in [3.05, 3.63) is 29.8 Å². The highest BCUT2D eigenvalue weighted by Gasteiger charge is 2.14. The van der Waals surface area contributed by atoms with Crippen LogP contribution in [0.15, 0.2) is 29.4 Å². The number of aliphatic carboxylic acids is 1. The molecule has 2 rings (SSSR count). The molecule has 1 aromatic carbocycles. The molecular formula is C13H15N3O2S. The Morgan fingerprint density at radius 2 is 2.21 bits per heavy atom. The van der Waals surface area contributed by atoms with E-state index < -0.39 is 5.97 Å². The summed E-state index contributed by atoms with van der Waals surface area (Å²) < 4.78 is 1.93. The van der Waals surface area contributed by atoms with Gasteiger partial charge >= 0.3 is 5.97 Å². The fraction of sp³-hybridized carbons (Fsp3) is 0.308. The van der Waals surface area contributed by atoms with Crippen LogP contribution in [0.3, 0.4) is 0 Å². The molecule has 19 heavy (non-hydrogen) atoms. The maximum Gasteiger partial charge on any atom is 0.313 e. The Balaban J connectivity index is 2.34. The van der Waals surface area contributed by atoms with Gasteiger partial charge in [-0.2, -0.15) is 0 Å². The highest BCUT2D eigenvalue weighted by molar-refractivity contribution is 7.99. The molecule has 100 valence electrons. The van der Waals surface area contributed by atoms with Gasteiger partial charge in [-0.1, -0.05) is 35.5 Å². The standard InChI is InChI=1S/C13H15N3O2S/c1-3-16-12(10-6-4-5-9(2)7-10)14-15-13(16)19-8-11(17)18/h4-7H,3,8H2,1-2H3,(H,17,18). The highest BCUT2D eigenvalue weighted by atomic mass is 32.2. The van der Waals surface area contributed by atoms with Crippen LogP contribution in [-0.2, 0) is 11.3 Å². The van der Waals surface area contributed by atoms with Crippen LogP contribution in [-0.4, -0.2) is 31.6 Å². The Morgan fingerprint density at radius 1 is 1.42 bits per heavy atom. The molecule has 5 nitrogen and oxygen atoms in total. The summed E-state index contributed by atoms with van der Waals surface area (Å²) in [4.78, 5) is 10.6. The average Bonchev–Trinajstić information content (AvgIpc) is 2.79. The molecule has 0 bridgehead atoms. The fourth-order valence-electron chi connectivity index (χ4n) is 1.80. The van der Waals surface area contributed by atoms with Crippen molar-refractivity contribution in [3.8, 4) is 11.4 Å². The number of carboxylic acids is 1. The fourth-order valence-corrected chi connectivity index (χ4v) is 2.53. The van der Waals surface area contributed by atoms with Crippen LogP contribution >= 0.6 is 11.8 Å². The number of carbonyl (C=O) groups is 1. The molecule has 0 aliphatic heterocycles. The normalized spacial score (nSPS) is 10.6. The second-order valence-electron chi connectivity index (χ2n) is 4.10. The monoisotopic (exact) mass is 277 g/mol. The second kappa shape index (κ2) is 5.88. The first-order chi connectivity index (χ1) is 9.11. The summed E-state index contributed by atoms with van der Waals surface area (Å²) in [7, 11) is 0. The number of rotatable bonds is 5. The van der Waals surface area contributed by atoms with Crippen LogP contribution < -0.4 is 0 Å². The first-order valence-electron chi connectivity index (χ1n) is 5.96. The van der Waals surface area contributed by atoms with Crippen molar-refractivity contribution in [2.45, 2.75) is 25.5 Å². The minimum Gasteiger partial charge on any atom is -0.481 e. The summed E-state index contributed by atoms with van der Waals surface area (Å²) in [5, 5.41) is 17.6. The predicted octanol–water partition coefficient (Wildman–Crippen LogP) is 2.45. The number of hydrogen-bond donors (Lipinski definition) is 1. The van der Waals surface area contributed by atoms with E-state index in [1.165, 1.54) is 11.8 Å². The highest BCUT2D eigenvalue weighted by Crippen LogP contribution is 2.24. The largest absolute Gasteiger partial charge is 0.481 e. The Kier molecular flexibility index (Phi) is 4.21. The molecule has 2 aromatic rings. The molecule has 0 fully saturated rings. The lowest BCUT2D eigenvalue weighted by Gasteiger charge is -2.07. The number of aryl methyl sites for hydroxylation is 1. The smallest absolute Gasteiger partial charge is 0.313 e. The molecule has 1 heterocycles. The van der Waals surface area contributed by atoms with Gasteiger partial charge in [0.05, 0.1) is 5.75 Å². The van der Waals surface area contributed by atoms with Gasteiger partial charge in [0.25, 0.3) is 0 Å². The number of thioether (sulfide) groups is 1. The van der Waals surface area contributed by atoms with E-state index in [0.29, 0.717) is 11.7 Å². The van der Waals surface area contributed by atoms with E-state index in [0.717, 1.165) is 17.0 Å². The zero-order chi connectivity index (χ0) is 13.8. The Bertz CT molecular complexity index is 595. The second-order valence-corrected chi connectivity index (χ2v) is 5.04. The van der Waals surface area contributed by atoms with Gasteiger partial charge in [0.2, 0.25) is 0 Å². The average molecular weight is 277 g/mol. The third-order valence-electron chi connectivity index (χ3n) is 2.63. The van der Waals surface area contributed by atoms with E-state index in [4.69, 9.17) is 5.11 Å². The zero-order valence-electron chi connectivity index (χ0n) is 10.8. The summed E-state index contributed by atoms with van der Waals surface area (Å²) in [5.74, 6) is -0.0850. The van der Waals surface area contributed by atoms with Gasteiger partial charge in [0.15, 0.2) is 11.0 Å². The van der Waals surface area contributed by atoms with Crippen LogP contribution in [0.2, 0.25) is 0 Å². The molecule has 0 unspecified atom stereocenters.